The Hall–Kier alpha value is -1.71. The summed E-state index contributed by atoms with van der Waals surface area (Å²) in [6.07, 6.45) is 1.76. The summed E-state index contributed by atoms with van der Waals surface area (Å²) in [5, 5.41) is 11.9. The van der Waals surface area contributed by atoms with Crippen LogP contribution in [0.15, 0.2) is 65.3 Å². The molecule has 0 amide bonds. The Kier molecular flexibility index (Phi) is 3.32. The molecule has 20 heavy (non-hydrogen) atoms. The van der Waals surface area contributed by atoms with Crippen molar-refractivity contribution < 1.29 is 5.11 Å². The quantitative estimate of drug-likeness (QED) is 0.763. The highest BCUT2D eigenvalue weighted by atomic mass is 79.9. The number of hydrogen-bond donors (Lipinski definition) is 1. The molecule has 0 bridgehead atoms. The van der Waals surface area contributed by atoms with Crippen LogP contribution in [0.1, 0.15) is 18.1 Å². The number of fused-ring (bicyclic) bond motifs is 1. The molecule has 3 aromatic rings. The van der Waals surface area contributed by atoms with Crippen molar-refractivity contribution in [2.45, 2.75) is 12.5 Å². The minimum Gasteiger partial charge on any atom is -0.381 e. The maximum atomic E-state index is 10.9. The first-order valence-electron chi connectivity index (χ1n) is 6.41. The van der Waals surface area contributed by atoms with Crippen LogP contribution >= 0.6 is 15.9 Å². The molecule has 0 radical (unpaired) electrons. The van der Waals surface area contributed by atoms with Crippen molar-refractivity contribution in [1.82, 2.24) is 4.98 Å². The van der Waals surface area contributed by atoms with Gasteiger partial charge >= 0.3 is 0 Å². The number of rotatable bonds is 2. The van der Waals surface area contributed by atoms with E-state index in [4.69, 9.17) is 0 Å². The lowest BCUT2D eigenvalue weighted by Gasteiger charge is -2.25. The van der Waals surface area contributed by atoms with Gasteiger partial charge in [-0.05, 0) is 42.3 Å². The molecule has 1 unspecified atom stereocenters. The second-order valence-corrected chi connectivity index (χ2v) is 5.91. The number of aromatic nitrogens is 1. The number of benzene rings is 2. The van der Waals surface area contributed by atoms with Crippen LogP contribution < -0.4 is 0 Å². The summed E-state index contributed by atoms with van der Waals surface area (Å²) in [6.45, 7) is 1.81. The number of aliphatic hydroxyl groups is 1. The van der Waals surface area contributed by atoms with E-state index in [1.807, 2.05) is 54.6 Å². The third-order valence-electron chi connectivity index (χ3n) is 3.57. The van der Waals surface area contributed by atoms with Crippen molar-refractivity contribution in [3.05, 3.63) is 76.4 Å². The van der Waals surface area contributed by atoms with Gasteiger partial charge < -0.3 is 5.11 Å². The minimum atomic E-state index is -1.04. The lowest BCUT2D eigenvalue weighted by Crippen LogP contribution is -2.22. The molecule has 1 N–H and O–H groups in total. The molecular weight excluding hydrogens is 314 g/mol. The zero-order valence-electron chi connectivity index (χ0n) is 11.0. The number of nitrogens with zero attached hydrogens (tertiary/aromatic N) is 1. The average Bonchev–Trinajstić information content (AvgIpc) is 2.47. The molecule has 0 saturated carbocycles. The van der Waals surface area contributed by atoms with E-state index in [0.717, 1.165) is 26.5 Å². The van der Waals surface area contributed by atoms with Gasteiger partial charge in [-0.15, -0.1) is 0 Å². The molecule has 2 aromatic carbocycles. The summed E-state index contributed by atoms with van der Waals surface area (Å²) in [7, 11) is 0. The average molecular weight is 328 g/mol. The Morgan fingerprint density at radius 2 is 1.70 bits per heavy atom. The molecule has 0 saturated heterocycles. The van der Waals surface area contributed by atoms with E-state index in [1.165, 1.54) is 0 Å². The maximum Gasteiger partial charge on any atom is 0.112 e. The first-order valence-corrected chi connectivity index (χ1v) is 7.20. The zero-order valence-corrected chi connectivity index (χ0v) is 12.6. The van der Waals surface area contributed by atoms with E-state index in [9.17, 15) is 5.11 Å². The highest BCUT2D eigenvalue weighted by molar-refractivity contribution is 9.10. The second kappa shape index (κ2) is 5.00. The van der Waals surface area contributed by atoms with Crippen molar-refractivity contribution >= 4 is 26.8 Å². The van der Waals surface area contributed by atoms with Gasteiger partial charge in [0.15, 0.2) is 0 Å². The molecule has 0 aliphatic heterocycles. The van der Waals surface area contributed by atoms with E-state index in [1.54, 1.807) is 13.1 Å². The third kappa shape index (κ3) is 2.35. The Morgan fingerprint density at radius 1 is 1.00 bits per heavy atom. The van der Waals surface area contributed by atoms with Crippen molar-refractivity contribution in [2.75, 3.05) is 0 Å². The van der Waals surface area contributed by atoms with Crippen molar-refractivity contribution in [3.63, 3.8) is 0 Å². The number of halogens is 1. The van der Waals surface area contributed by atoms with Gasteiger partial charge in [0.1, 0.15) is 5.60 Å². The molecule has 100 valence electrons. The molecule has 3 heteroatoms. The van der Waals surface area contributed by atoms with Gasteiger partial charge in [0.05, 0.1) is 5.52 Å². The van der Waals surface area contributed by atoms with Gasteiger partial charge in [-0.3, -0.25) is 4.98 Å². The van der Waals surface area contributed by atoms with Crippen LogP contribution in [0.3, 0.4) is 0 Å². The summed E-state index contributed by atoms with van der Waals surface area (Å²) >= 11 is 3.41. The lowest BCUT2D eigenvalue weighted by atomic mass is 9.88. The Morgan fingerprint density at radius 3 is 2.45 bits per heavy atom. The fourth-order valence-electron chi connectivity index (χ4n) is 2.31. The molecule has 3 rings (SSSR count). The minimum absolute atomic E-state index is 0.839. The van der Waals surface area contributed by atoms with Gasteiger partial charge in [-0.1, -0.05) is 46.3 Å². The largest absolute Gasteiger partial charge is 0.381 e. The third-order valence-corrected chi connectivity index (χ3v) is 4.10. The second-order valence-electron chi connectivity index (χ2n) is 4.99. The van der Waals surface area contributed by atoms with E-state index in [-0.39, 0.29) is 0 Å². The summed E-state index contributed by atoms with van der Waals surface area (Å²) in [5.41, 5.74) is 1.55. The fourth-order valence-corrected chi connectivity index (χ4v) is 2.57. The number of pyridine rings is 1. The van der Waals surface area contributed by atoms with Crippen molar-refractivity contribution in [3.8, 4) is 0 Å². The summed E-state index contributed by atoms with van der Waals surface area (Å²) < 4.78 is 0.997. The summed E-state index contributed by atoms with van der Waals surface area (Å²) in [4.78, 5) is 4.34. The summed E-state index contributed by atoms with van der Waals surface area (Å²) in [5.74, 6) is 0. The first-order chi connectivity index (χ1) is 9.57. The highest BCUT2D eigenvalue weighted by Crippen LogP contribution is 2.31. The normalized spacial score (nSPS) is 14.2. The van der Waals surface area contributed by atoms with Crippen LogP contribution in [0.4, 0.5) is 0 Å². The molecule has 1 heterocycles. The molecule has 1 atom stereocenters. The van der Waals surface area contributed by atoms with Crippen LogP contribution in [0, 0.1) is 0 Å². The summed E-state index contributed by atoms with van der Waals surface area (Å²) in [6, 6.07) is 17.5. The standard InChI is InChI=1S/C17H14BrNO/c1-17(20,13-6-8-15(18)9-7-13)14-5-4-12-3-2-10-19-16(12)11-14/h2-11,20H,1H3. The Bertz CT molecular complexity index is 750. The van der Waals surface area contributed by atoms with Gasteiger partial charge in [-0.2, -0.15) is 0 Å². The topological polar surface area (TPSA) is 33.1 Å². The Balaban J connectivity index is 2.10. The van der Waals surface area contributed by atoms with Crippen LogP contribution in [-0.4, -0.2) is 10.1 Å². The van der Waals surface area contributed by atoms with Crippen molar-refractivity contribution in [2.24, 2.45) is 0 Å². The van der Waals surface area contributed by atoms with Gasteiger partial charge in [-0.25, -0.2) is 0 Å². The zero-order chi connectivity index (χ0) is 14.2. The molecule has 1 aromatic heterocycles. The SMILES string of the molecule is CC(O)(c1ccc(Br)cc1)c1ccc2cccnc2c1. The van der Waals surface area contributed by atoms with Crippen molar-refractivity contribution in [1.29, 1.82) is 0 Å². The predicted octanol–water partition coefficient (Wildman–Crippen LogP) is 4.25. The number of hydrogen-bond acceptors (Lipinski definition) is 2. The van der Waals surface area contributed by atoms with Crippen LogP contribution in [0.2, 0.25) is 0 Å². The van der Waals surface area contributed by atoms with E-state index in [0.29, 0.717) is 0 Å². The Labute approximate surface area is 126 Å². The van der Waals surface area contributed by atoms with Gasteiger partial charge in [0.2, 0.25) is 0 Å². The van der Waals surface area contributed by atoms with Crippen LogP contribution in [-0.2, 0) is 5.60 Å². The molecular formula is C17H14BrNO. The lowest BCUT2D eigenvalue weighted by molar-refractivity contribution is 0.102. The highest BCUT2D eigenvalue weighted by Gasteiger charge is 2.25. The molecule has 2 nitrogen and oxygen atoms in total. The van der Waals surface area contributed by atoms with Gasteiger partial charge in [0.25, 0.3) is 0 Å². The molecule has 0 fully saturated rings. The smallest absolute Gasteiger partial charge is 0.112 e. The molecule has 0 aliphatic rings. The van der Waals surface area contributed by atoms with E-state index in [2.05, 4.69) is 20.9 Å². The maximum absolute atomic E-state index is 10.9. The molecule has 0 spiro atoms. The molecule has 0 aliphatic carbocycles. The van der Waals surface area contributed by atoms with E-state index < -0.39 is 5.60 Å². The first kappa shape index (κ1) is 13.3. The predicted molar refractivity (Wildman–Crippen MR) is 84.6 cm³/mol. The van der Waals surface area contributed by atoms with Crippen LogP contribution in [0.25, 0.3) is 10.9 Å². The van der Waals surface area contributed by atoms with Gasteiger partial charge in [0, 0.05) is 16.1 Å². The van der Waals surface area contributed by atoms with Crippen LogP contribution in [0.5, 0.6) is 0 Å². The fraction of sp³-hybridized carbons (Fsp3) is 0.118. The monoisotopic (exact) mass is 327 g/mol. The van der Waals surface area contributed by atoms with E-state index >= 15 is 0 Å².